The number of ketones is 4. The van der Waals surface area contributed by atoms with E-state index in [1.165, 1.54) is 6.07 Å². The molecule has 0 N–H and O–H groups in total. The lowest BCUT2D eigenvalue weighted by atomic mass is 9.84. The first kappa shape index (κ1) is 18.7. The zero-order valence-corrected chi connectivity index (χ0v) is 17.3. The van der Waals surface area contributed by atoms with E-state index < -0.39 is 39.9 Å². The predicted molar refractivity (Wildman–Crippen MR) is 114 cm³/mol. The van der Waals surface area contributed by atoms with Gasteiger partial charge in [-0.15, -0.1) is 0 Å². The standard InChI is InChI=1S/C25H12Cl2O4/c26-12-9-10-17(18(27)11-12)19-24(20(28)13-5-1-2-6-14(13)21(24)29)25(19)22(30)15-7-3-4-8-16(15)23(25)31/h1-11,19H. The van der Waals surface area contributed by atoms with Crippen molar-refractivity contribution in [2.24, 2.45) is 10.8 Å². The van der Waals surface area contributed by atoms with E-state index in [1.807, 2.05) is 0 Å². The van der Waals surface area contributed by atoms with E-state index in [4.69, 9.17) is 23.2 Å². The summed E-state index contributed by atoms with van der Waals surface area (Å²) in [6, 6.07) is 17.6. The molecule has 0 aromatic heterocycles. The molecule has 0 saturated heterocycles. The maximum absolute atomic E-state index is 13.8. The molecule has 0 amide bonds. The Kier molecular flexibility index (Phi) is 3.48. The molecule has 0 aliphatic heterocycles. The molecule has 150 valence electrons. The predicted octanol–water partition coefficient (Wildman–Crippen LogP) is 5.22. The van der Waals surface area contributed by atoms with E-state index in [0.29, 0.717) is 10.6 Å². The molecule has 31 heavy (non-hydrogen) atoms. The molecule has 1 saturated carbocycles. The quantitative estimate of drug-likeness (QED) is 0.480. The van der Waals surface area contributed by atoms with Crippen molar-refractivity contribution in [2.75, 3.05) is 0 Å². The smallest absolute Gasteiger partial charge is 0.179 e. The molecule has 2 spiro atoms. The Morgan fingerprint density at radius 1 is 0.581 bits per heavy atom. The summed E-state index contributed by atoms with van der Waals surface area (Å²) in [4.78, 5) is 55.0. The van der Waals surface area contributed by atoms with Crippen LogP contribution < -0.4 is 0 Å². The Bertz CT molecular complexity index is 1250. The van der Waals surface area contributed by atoms with Crippen LogP contribution in [0.3, 0.4) is 0 Å². The van der Waals surface area contributed by atoms with E-state index in [-0.39, 0.29) is 27.3 Å². The van der Waals surface area contributed by atoms with Crippen LogP contribution in [0.25, 0.3) is 0 Å². The van der Waals surface area contributed by atoms with Gasteiger partial charge in [-0.25, -0.2) is 0 Å². The summed E-state index contributed by atoms with van der Waals surface area (Å²) >= 11 is 12.5. The molecule has 6 rings (SSSR count). The summed E-state index contributed by atoms with van der Waals surface area (Å²) in [5, 5.41) is 0.582. The van der Waals surface area contributed by atoms with Gasteiger partial charge in [-0.1, -0.05) is 77.8 Å². The molecule has 0 radical (unpaired) electrons. The van der Waals surface area contributed by atoms with Crippen molar-refractivity contribution < 1.29 is 19.2 Å². The van der Waals surface area contributed by atoms with Crippen LogP contribution >= 0.6 is 23.2 Å². The van der Waals surface area contributed by atoms with Crippen molar-refractivity contribution in [1.29, 1.82) is 0 Å². The van der Waals surface area contributed by atoms with Gasteiger partial charge in [0.25, 0.3) is 0 Å². The van der Waals surface area contributed by atoms with Crippen LogP contribution in [0.4, 0.5) is 0 Å². The third-order valence-electron chi connectivity index (χ3n) is 6.94. The molecule has 3 aliphatic rings. The fourth-order valence-electron chi connectivity index (χ4n) is 5.73. The first-order valence-electron chi connectivity index (χ1n) is 9.70. The minimum absolute atomic E-state index is 0.210. The Hall–Kier alpha value is -3.08. The number of rotatable bonds is 1. The number of benzene rings is 3. The van der Waals surface area contributed by atoms with Crippen LogP contribution in [0.15, 0.2) is 66.7 Å². The molecule has 6 heteroatoms. The maximum atomic E-state index is 13.8. The molecule has 0 atom stereocenters. The lowest BCUT2D eigenvalue weighted by molar-refractivity contribution is 0.0663. The highest BCUT2D eigenvalue weighted by molar-refractivity contribution is 6.46. The van der Waals surface area contributed by atoms with Gasteiger partial charge in [0.05, 0.1) is 0 Å². The van der Waals surface area contributed by atoms with E-state index in [9.17, 15) is 19.2 Å². The summed E-state index contributed by atoms with van der Waals surface area (Å²) in [6.45, 7) is 0. The summed E-state index contributed by atoms with van der Waals surface area (Å²) < 4.78 is 0. The number of halogens is 2. The highest BCUT2D eigenvalue weighted by Crippen LogP contribution is 2.81. The average Bonchev–Trinajstić information content (AvgIpc) is 3.27. The fourth-order valence-corrected chi connectivity index (χ4v) is 6.25. The van der Waals surface area contributed by atoms with Crippen LogP contribution in [0.5, 0.6) is 0 Å². The van der Waals surface area contributed by atoms with Crippen molar-refractivity contribution in [2.45, 2.75) is 5.92 Å². The van der Waals surface area contributed by atoms with E-state index in [0.717, 1.165) is 0 Å². The van der Waals surface area contributed by atoms with Crippen molar-refractivity contribution in [3.05, 3.63) is 105 Å². The van der Waals surface area contributed by atoms with E-state index >= 15 is 0 Å². The van der Waals surface area contributed by atoms with Crippen molar-refractivity contribution in [3.63, 3.8) is 0 Å². The molecule has 3 aromatic rings. The third kappa shape index (κ3) is 1.86. The number of hydrogen-bond acceptors (Lipinski definition) is 4. The molecular weight excluding hydrogens is 435 g/mol. The molecular formula is C25H12Cl2O4. The minimum Gasteiger partial charge on any atom is -0.293 e. The first-order chi connectivity index (χ1) is 14.9. The van der Waals surface area contributed by atoms with Gasteiger partial charge in [0.15, 0.2) is 23.1 Å². The lowest BCUT2D eigenvalue weighted by Crippen LogP contribution is -2.32. The normalized spacial score (nSPS) is 19.9. The van der Waals surface area contributed by atoms with Crippen molar-refractivity contribution in [1.82, 2.24) is 0 Å². The Labute approximate surface area is 186 Å². The summed E-state index contributed by atoms with van der Waals surface area (Å²) in [5.74, 6) is -3.00. The van der Waals surface area contributed by atoms with Crippen LogP contribution in [-0.4, -0.2) is 23.1 Å². The van der Waals surface area contributed by atoms with E-state index in [2.05, 4.69) is 0 Å². The number of carbonyl (C=O) groups excluding carboxylic acids is 4. The highest BCUT2D eigenvalue weighted by Gasteiger charge is 2.93. The van der Waals surface area contributed by atoms with Gasteiger partial charge < -0.3 is 0 Å². The number of carbonyl (C=O) groups is 4. The van der Waals surface area contributed by atoms with Gasteiger partial charge in [0.2, 0.25) is 0 Å². The molecule has 3 aliphatic carbocycles. The van der Waals surface area contributed by atoms with Crippen LogP contribution in [-0.2, 0) is 0 Å². The monoisotopic (exact) mass is 446 g/mol. The van der Waals surface area contributed by atoms with Gasteiger partial charge in [-0.2, -0.15) is 0 Å². The van der Waals surface area contributed by atoms with Gasteiger partial charge in [0.1, 0.15) is 10.8 Å². The summed E-state index contributed by atoms with van der Waals surface area (Å²) in [7, 11) is 0. The number of hydrogen-bond donors (Lipinski definition) is 0. The number of fused-ring (bicyclic) bond motifs is 3. The van der Waals surface area contributed by atoms with E-state index in [1.54, 1.807) is 60.7 Å². The SMILES string of the molecule is O=C1c2ccccc2C(=O)C12C(c1ccc(Cl)cc1Cl)C21C(=O)c2ccccc2C1=O. The van der Waals surface area contributed by atoms with Crippen molar-refractivity contribution in [3.8, 4) is 0 Å². The largest absolute Gasteiger partial charge is 0.293 e. The molecule has 4 nitrogen and oxygen atoms in total. The maximum Gasteiger partial charge on any atom is 0.179 e. The number of Topliss-reactive ketones (excluding diaryl/α,β-unsaturated/α-hetero) is 4. The average molecular weight is 447 g/mol. The zero-order valence-electron chi connectivity index (χ0n) is 15.8. The second-order valence-corrected chi connectivity index (χ2v) is 8.97. The second kappa shape index (κ2) is 5.78. The topological polar surface area (TPSA) is 68.3 Å². The minimum atomic E-state index is -1.83. The van der Waals surface area contributed by atoms with Crippen LogP contribution in [0.2, 0.25) is 10.0 Å². The van der Waals surface area contributed by atoms with Crippen LogP contribution in [0.1, 0.15) is 52.9 Å². The third-order valence-corrected chi connectivity index (χ3v) is 7.51. The Balaban J connectivity index is 1.68. The summed E-state index contributed by atoms with van der Waals surface area (Å²) in [6.07, 6.45) is 0. The van der Waals surface area contributed by atoms with Gasteiger partial charge in [-0.3, -0.25) is 19.2 Å². The Morgan fingerprint density at radius 2 is 0.968 bits per heavy atom. The van der Waals surface area contributed by atoms with Crippen LogP contribution in [0, 0.1) is 10.8 Å². The zero-order chi connectivity index (χ0) is 21.7. The van der Waals surface area contributed by atoms with Gasteiger partial charge in [-0.05, 0) is 17.7 Å². The molecule has 3 aromatic carbocycles. The molecule has 0 bridgehead atoms. The molecule has 0 heterocycles. The summed E-state index contributed by atoms with van der Waals surface area (Å²) in [5.41, 5.74) is -2.34. The lowest BCUT2D eigenvalue weighted by Gasteiger charge is -2.11. The highest BCUT2D eigenvalue weighted by atomic mass is 35.5. The Morgan fingerprint density at radius 3 is 1.32 bits per heavy atom. The fraction of sp³-hybridized carbons (Fsp3) is 0.120. The first-order valence-corrected chi connectivity index (χ1v) is 10.5. The second-order valence-electron chi connectivity index (χ2n) is 8.12. The molecule has 1 fully saturated rings. The molecule has 0 unspecified atom stereocenters. The van der Waals surface area contributed by atoms with Gasteiger partial charge >= 0.3 is 0 Å². The van der Waals surface area contributed by atoms with Crippen molar-refractivity contribution >= 4 is 46.3 Å². The van der Waals surface area contributed by atoms with Gasteiger partial charge in [0, 0.05) is 38.2 Å².